The van der Waals surface area contributed by atoms with Gasteiger partial charge < -0.3 is 13.6 Å². The van der Waals surface area contributed by atoms with E-state index in [9.17, 15) is 16.4 Å². The summed E-state index contributed by atoms with van der Waals surface area (Å²) in [6, 6.07) is 10.9. The molecule has 3 heteroatoms. The number of furan rings is 1. The van der Waals surface area contributed by atoms with Gasteiger partial charge in [0.1, 0.15) is 11.2 Å². The van der Waals surface area contributed by atoms with E-state index in [0.29, 0.717) is 11.3 Å². The summed E-state index contributed by atoms with van der Waals surface area (Å²) in [5.41, 5.74) is -1.18. The second kappa shape index (κ2) is 12.5. The number of aromatic nitrogens is 2. The summed E-state index contributed by atoms with van der Waals surface area (Å²) in [6.07, 6.45) is 0. The van der Waals surface area contributed by atoms with Gasteiger partial charge in [0.2, 0.25) is 0 Å². The number of nitrogens with zero attached hydrogens (tertiary/aromatic N) is 2. The van der Waals surface area contributed by atoms with E-state index in [0.717, 1.165) is 10.1 Å². The van der Waals surface area contributed by atoms with Crippen LogP contribution in [0.15, 0.2) is 210 Å². The van der Waals surface area contributed by atoms with Gasteiger partial charge in [0.05, 0.1) is 55.2 Å². The van der Waals surface area contributed by atoms with Crippen molar-refractivity contribution < 1.29 is 31.8 Å². The van der Waals surface area contributed by atoms with Crippen LogP contribution in [0.25, 0.3) is 110 Å². The van der Waals surface area contributed by atoms with E-state index < -0.39 is 154 Å². The molecule has 0 N–H and O–H groups in total. The minimum absolute atomic E-state index is 0.0520. The lowest BCUT2D eigenvalue weighted by atomic mass is 9.99. The third kappa shape index (κ3) is 4.86. The Morgan fingerprint density at radius 3 is 1.65 bits per heavy atom. The second-order valence-electron chi connectivity index (χ2n) is 13.3. The van der Waals surface area contributed by atoms with Crippen molar-refractivity contribution in [1.29, 1.82) is 0 Å². The molecule has 3 nitrogen and oxygen atoms in total. The second-order valence-corrected chi connectivity index (χ2v) is 13.3. The maximum atomic E-state index is 10.1. The van der Waals surface area contributed by atoms with Crippen molar-refractivity contribution in [3.05, 3.63) is 206 Å². The van der Waals surface area contributed by atoms with E-state index in [1.54, 1.807) is 48.5 Å². The van der Waals surface area contributed by atoms with Gasteiger partial charge >= 0.3 is 0 Å². The predicted molar refractivity (Wildman–Crippen MR) is 239 cm³/mol. The van der Waals surface area contributed by atoms with Crippen molar-refractivity contribution in [3.63, 3.8) is 0 Å². The van der Waals surface area contributed by atoms with E-state index >= 15 is 0 Å². The first kappa shape index (κ1) is 17.9. The van der Waals surface area contributed by atoms with Crippen molar-refractivity contribution >= 4 is 65.6 Å². The molecule has 0 saturated heterocycles. The van der Waals surface area contributed by atoms with Crippen molar-refractivity contribution in [3.8, 4) is 44.8 Å². The average molecular weight is 747 g/mol. The van der Waals surface area contributed by atoms with Crippen LogP contribution in [0.1, 0.15) is 27.4 Å². The van der Waals surface area contributed by atoms with Gasteiger partial charge in [0, 0.05) is 43.6 Å². The fraction of sp³-hybridized carbons (Fsp3) is 0. The lowest BCUT2D eigenvalue weighted by Crippen LogP contribution is -1.97. The maximum Gasteiger partial charge on any atom is 0.145 e. The fourth-order valence-electron chi connectivity index (χ4n) is 7.66. The quantitative estimate of drug-likeness (QED) is 0.172. The summed E-state index contributed by atoms with van der Waals surface area (Å²) in [7, 11) is 0. The molecule has 12 rings (SSSR count). The monoisotopic (exact) mass is 746 g/mol. The molecule has 12 aromatic rings. The number of rotatable bonds is 5. The molecular formula is C54H34N2O. The topological polar surface area (TPSA) is 23.0 Å². The van der Waals surface area contributed by atoms with Crippen molar-refractivity contribution in [1.82, 2.24) is 9.13 Å². The van der Waals surface area contributed by atoms with Gasteiger partial charge in [-0.3, -0.25) is 0 Å². The zero-order valence-electron chi connectivity index (χ0n) is 49.4. The summed E-state index contributed by atoms with van der Waals surface area (Å²) >= 11 is 0. The Morgan fingerprint density at radius 2 is 0.947 bits per heavy atom. The third-order valence-corrected chi connectivity index (χ3v) is 10.2. The standard InChI is InChI=1S/C54H34N2O/c1-3-14-35(15-4-1)37-18-13-19-40(32-37)55-47-23-10-7-20-41(47)45-33-38(26-29-49(45)55)39-27-30-50-46(34-39)42-21-8-11-24-48(42)56(50)51-31-28-44-43-22-9-12-25-52(43)57-54(44)53(51)36-16-5-2-6-17-36/h1-34H/i7D,8D,9D,10D,11D,12D,20D,21D,22D,23D,24D,25D,26D,27D,28D,29D,30D,31D,33D,34D. The largest absolute Gasteiger partial charge is 0.455 e. The van der Waals surface area contributed by atoms with Gasteiger partial charge in [0.15, 0.2) is 0 Å². The first-order valence-corrected chi connectivity index (χ1v) is 17.9. The van der Waals surface area contributed by atoms with E-state index in [1.165, 1.54) is 4.57 Å². The van der Waals surface area contributed by atoms with Gasteiger partial charge in [-0.1, -0.05) is 139 Å². The van der Waals surface area contributed by atoms with Crippen LogP contribution in [0, 0.1) is 0 Å². The normalized spacial score (nSPS) is 16.8. The van der Waals surface area contributed by atoms with E-state index in [1.807, 2.05) is 36.4 Å². The Bertz CT molecular complexity index is 4680. The minimum Gasteiger partial charge on any atom is -0.455 e. The molecule has 57 heavy (non-hydrogen) atoms. The molecule has 3 aromatic heterocycles. The van der Waals surface area contributed by atoms with Crippen LogP contribution < -0.4 is 0 Å². The zero-order valence-corrected chi connectivity index (χ0v) is 29.4. The molecule has 0 unspecified atom stereocenters. The summed E-state index contributed by atoms with van der Waals surface area (Å²) in [4.78, 5) is 0. The molecule has 266 valence electrons. The van der Waals surface area contributed by atoms with Crippen LogP contribution in [0.4, 0.5) is 0 Å². The predicted octanol–water partition coefficient (Wildman–Crippen LogP) is 14.8. The first-order chi connectivity index (χ1) is 36.6. The van der Waals surface area contributed by atoms with Gasteiger partial charge in [0.25, 0.3) is 0 Å². The molecule has 0 aliphatic carbocycles. The highest BCUT2D eigenvalue weighted by atomic mass is 16.3. The lowest BCUT2D eigenvalue weighted by Gasteiger charge is -2.15. The van der Waals surface area contributed by atoms with Crippen LogP contribution in [0.2, 0.25) is 0 Å². The summed E-state index contributed by atoms with van der Waals surface area (Å²) in [5.74, 6) is 0. The van der Waals surface area contributed by atoms with Crippen molar-refractivity contribution in [2.75, 3.05) is 0 Å². The van der Waals surface area contributed by atoms with E-state index in [2.05, 4.69) is 0 Å². The smallest absolute Gasteiger partial charge is 0.145 e. The van der Waals surface area contributed by atoms with Gasteiger partial charge in [-0.25, -0.2) is 0 Å². The van der Waals surface area contributed by atoms with Crippen LogP contribution in [0.5, 0.6) is 0 Å². The van der Waals surface area contributed by atoms with Gasteiger partial charge in [-0.05, 0) is 94.3 Å². The molecule has 0 atom stereocenters. The van der Waals surface area contributed by atoms with Crippen molar-refractivity contribution in [2.45, 2.75) is 0 Å². The molecule has 0 aliphatic rings. The molecule has 9 aromatic carbocycles. The Morgan fingerprint density at radius 1 is 0.386 bits per heavy atom. The molecule has 0 radical (unpaired) electrons. The molecule has 0 fully saturated rings. The van der Waals surface area contributed by atoms with E-state index in [4.69, 9.17) is 15.4 Å². The molecule has 0 bridgehead atoms. The molecule has 0 spiro atoms. The fourth-order valence-corrected chi connectivity index (χ4v) is 7.66. The average Bonchev–Trinajstić information content (AvgIpc) is 4.13. The molecule has 0 amide bonds. The zero-order chi connectivity index (χ0) is 54.9. The van der Waals surface area contributed by atoms with Gasteiger partial charge in [-0.15, -0.1) is 0 Å². The lowest BCUT2D eigenvalue weighted by molar-refractivity contribution is 0.670. The summed E-state index contributed by atoms with van der Waals surface area (Å²) < 4.78 is 194. The summed E-state index contributed by atoms with van der Waals surface area (Å²) in [5, 5.41) is -1.63. The van der Waals surface area contributed by atoms with Crippen LogP contribution in [0.3, 0.4) is 0 Å². The SMILES string of the molecule is [2H]c1c([2H])c([2H])c2c(oc3c(-c4ccccc4)c(-n4c5c([2H])c([2H])c([2H])c([2H])c5c5c([2H])c(-c6c([2H])c([2H])c7c(c6[2H])c6c([2H])c([2H])c([2H])c([2H])c6n7-c6cccc(-c7ccccc7)c6)c([2H])c([2H])c54)c([2H])c([2H])c32)c1[2H]. The van der Waals surface area contributed by atoms with Crippen molar-refractivity contribution in [2.24, 2.45) is 0 Å². The molecule has 3 heterocycles. The Hall–Kier alpha value is -7.62. The molecule has 0 aliphatic heterocycles. The maximum absolute atomic E-state index is 10.1. The van der Waals surface area contributed by atoms with Gasteiger partial charge in [-0.2, -0.15) is 0 Å². The van der Waals surface area contributed by atoms with Crippen LogP contribution in [-0.2, 0) is 0 Å². The third-order valence-electron chi connectivity index (χ3n) is 10.2. The number of hydrogen-bond donors (Lipinski definition) is 0. The molecular weight excluding hydrogens is 693 g/mol. The highest BCUT2D eigenvalue weighted by Gasteiger charge is 2.22. The number of para-hydroxylation sites is 3. The summed E-state index contributed by atoms with van der Waals surface area (Å²) in [6.45, 7) is 0. The highest BCUT2D eigenvalue weighted by molar-refractivity contribution is 6.15. The Kier molecular flexibility index (Phi) is 3.91. The number of fused-ring (bicyclic) bond motifs is 9. The van der Waals surface area contributed by atoms with E-state index in [-0.39, 0.29) is 60.6 Å². The molecule has 0 saturated carbocycles. The van der Waals surface area contributed by atoms with Crippen LogP contribution >= 0.6 is 0 Å². The van der Waals surface area contributed by atoms with Crippen LogP contribution in [-0.4, -0.2) is 9.13 Å². The minimum atomic E-state index is -0.837. The highest BCUT2D eigenvalue weighted by Crippen LogP contribution is 2.44. The number of hydrogen-bond acceptors (Lipinski definition) is 1. The number of benzene rings is 9. The first-order valence-electron chi connectivity index (χ1n) is 27.9. The Balaban J connectivity index is 1.25. The Labute approximate surface area is 357 Å².